The monoisotopic (exact) mass is 501 g/mol. The number of nitrogens with zero attached hydrogens (tertiary/aromatic N) is 3. The number of amides is 1. The topological polar surface area (TPSA) is 62.2 Å². The SMILES string of the molecule is CCOC(=O)C1=NN(c2ccc(C)cc2)C2(S1)S/C(=C/c1ccccc1)C(=O)N2c1ccccc1. The lowest BCUT2D eigenvalue weighted by atomic mass is 10.2. The molecule has 2 aliphatic rings. The van der Waals surface area contributed by atoms with Crippen molar-refractivity contribution < 1.29 is 14.3 Å². The van der Waals surface area contributed by atoms with E-state index in [-0.39, 0.29) is 17.6 Å². The third kappa shape index (κ3) is 4.35. The van der Waals surface area contributed by atoms with E-state index in [1.807, 2.05) is 97.9 Å². The van der Waals surface area contributed by atoms with Gasteiger partial charge in [-0.1, -0.05) is 78.0 Å². The molecule has 0 aliphatic carbocycles. The number of carbonyl (C=O) groups excluding carboxylic acids is 2. The van der Waals surface area contributed by atoms with Crippen LogP contribution >= 0.6 is 23.5 Å². The molecule has 0 N–H and O–H groups in total. The van der Waals surface area contributed by atoms with Gasteiger partial charge >= 0.3 is 5.97 Å². The second-order valence-electron chi connectivity index (χ2n) is 7.92. The van der Waals surface area contributed by atoms with Gasteiger partial charge in [-0.3, -0.25) is 9.69 Å². The Morgan fingerprint density at radius 1 is 0.943 bits per heavy atom. The summed E-state index contributed by atoms with van der Waals surface area (Å²) in [5, 5.41) is 6.65. The maximum Gasteiger partial charge on any atom is 0.365 e. The van der Waals surface area contributed by atoms with Gasteiger partial charge in [0.05, 0.1) is 17.2 Å². The Bertz CT molecular complexity index is 1310. The van der Waals surface area contributed by atoms with E-state index in [9.17, 15) is 9.59 Å². The molecule has 1 amide bonds. The van der Waals surface area contributed by atoms with Crippen molar-refractivity contribution in [2.75, 3.05) is 16.5 Å². The Hall–Kier alpha value is -3.49. The van der Waals surface area contributed by atoms with E-state index in [4.69, 9.17) is 4.74 Å². The summed E-state index contributed by atoms with van der Waals surface area (Å²) in [5.41, 5.74) is 3.50. The number of rotatable bonds is 5. The normalized spacial score (nSPS) is 20.6. The second-order valence-corrected chi connectivity index (χ2v) is 10.6. The minimum absolute atomic E-state index is 0.157. The molecule has 5 rings (SSSR count). The van der Waals surface area contributed by atoms with Crippen LogP contribution in [0.4, 0.5) is 11.4 Å². The summed E-state index contributed by atoms with van der Waals surface area (Å²) in [7, 11) is 0. The molecule has 3 aromatic carbocycles. The maximum atomic E-state index is 13.9. The first kappa shape index (κ1) is 23.3. The Balaban J connectivity index is 1.67. The van der Waals surface area contributed by atoms with Gasteiger partial charge in [0.1, 0.15) is 0 Å². The molecule has 1 atom stereocenters. The molecule has 0 aromatic heterocycles. The van der Waals surface area contributed by atoms with E-state index < -0.39 is 10.3 Å². The second kappa shape index (κ2) is 9.64. The summed E-state index contributed by atoms with van der Waals surface area (Å²) in [4.78, 5) is 29.0. The van der Waals surface area contributed by atoms with Crippen molar-refractivity contribution >= 4 is 57.9 Å². The van der Waals surface area contributed by atoms with Crippen molar-refractivity contribution in [3.05, 3.63) is 101 Å². The zero-order valence-electron chi connectivity index (χ0n) is 19.3. The third-order valence-corrected chi connectivity index (χ3v) is 8.16. The summed E-state index contributed by atoms with van der Waals surface area (Å²) in [6, 6.07) is 27.1. The van der Waals surface area contributed by atoms with Crippen LogP contribution in [0, 0.1) is 6.92 Å². The Morgan fingerprint density at radius 3 is 2.26 bits per heavy atom. The van der Waals surface area contributed by atoms with Crippen LogP contribution in [0.3, 0.4) is 0 Å². The summed E-state index contributed by atoms with van der Waals surface area (Å²) in [6.45, 7) is 4.01. The van der Waals surface area contributed by atoms with E-state index in [0.717, 1.165) is 16.8 Å². The first-order chi connectivity index (χ1) is 17.0. The van der Waals surface area contributed by atoms with E-state index in [0.29, 0.717) is 10.6 Å². The van der Waals surface area contributed by atoms with Crippen molar-refractivity contribution in [1.29, 1.82) is 0 Å². The van der Waals surface area contributed by atoms with Gasteiger partial charge in [-0.2, -0.15) is 5.10 Å². The summed E-state index contributed by atoms with van der Waals surface area (Å²) < 4.78 is 4.20. The number of thioether (sulfide) groups is 2. The van der Waals surface area contributed by atoms with Gasteiger partial charge in [-0.05, 0) is 61.5 Å². The molecule has 1 fully saturated rings. The number of hydrazone groups is 1. The molecular weight excluding hydrogens is 478 g/mol. The zero-order valence-corrected chi connectivity index (χ0v) is 20.9. The largest absolute Gasteiger partial charge is 0.461 e. The number of ether oxygens (including phenoxy) is 1. The lowest BCUT2D eigenvalue weighted by Gasteiger charge is -2.38. The number of anilines is 2. The van der Waals surface area contributed by atoms with Crippen molar-refractivity contribution in [2.24, 2.45) is 5.10 Å². The van der Waals surface area contributed by atoms with E-state index in [1.165, 1.54) is 23.5 Å². The number of carbonyl (C=O) groups is 2. The average Bonchev–Trinajstić information content (AvgIpc) is 3.38. The van der Waals surface area contributed by atoms with Gasteiger partial charge in [-0.25, -0.2) is 9.80 Å². The highest BCUT2D eigenvalue weighted by Gasteiger charge is 2.60. The molecule has 176 valence electrons. The van der Waals surface area contributed by atoms with Gasteiger partial charge in [0.15, 0.2) is 0 Å². The predicted octanol–water partition coefficient (Wildman–Crippen LogP) is 5.86. The van der Waals surface area contributed by atoms with Crippen molar-refractivity contribution in [1.82, 2.24) is 0 Å². The fraction of sp³-hybridized carbons (Fsp3) is 0.148. The van der Waals surface area contributed by atoms with Crippen LogP contribution in [-0.4, -0.2) is 27.9 Å². The molecule has 1 saturated heterocycles. The van der Waals surface area contributed by atoms with Crippen LogP contribution in [-0.2, 0) is 14.3 Å². The van der Waals surface area contributed by atoms with Crippen molar-refractivity contribution in [3.63, 3.8) is 0 Å². The first-order valence-electron chi connectivity index (χ1n) is 11.2. The highest BCUT2D eigenvalue weighted by atomic mass is 32.2. The molecule has 8 heteroatoms. The molecule has 2 aliphatic heterocycles. The maximum absolute atomic E-state index is 13.9. The lowest BCUT2D eigenvalue weighted by molar-refractivity contribution is -0.134. The zero-order chi connectivity index (χ0) is 24.4. The Kier molecular flexibility index (Phi) is 6.40. The molecule has 35 heavy (non-hydrogen) atoms. The number of hydrogen-bond acceptors (Lipinski definition) is 7. The van der Waals surface area contributed by atoms with E-state index in [1.54, 1.807) is 16.8 Å². The smallest absolute Gasteiger partial charge is 0.365 e. The predicted molar refractivity (Wildman–Crippen MR) is 144 cm³/mol. The van der Waals surface area contributed by atoms with Crippen LogP contribution in [0.15, 0.2) is 94.9 Å². The molecule has 1 unspecified atom stereocenters. The van der Waals surface area contributed by atoms with Crippen LogP contribution in [0.5, 0.6) is 0 Å². The van der Waals surface area contributed by atoms with Gasteiger partial charge < -0.3 is 4.74 Å². The highest BCUT2D eigenvalue weighted by molar-refractivity contribution is 8.29. The summed E-state index contributed by atoms with van der Waals surface area (Å²) in [6.07, 6.45) is 1.88. The number of aryl methyl sites for hydroxylation is 1. The number of esters is 1. The fourth-order valence-corrected chi connectivity index (χ4v) is 6.72. The lowest BCUT2D eigenvalue weighted by Crippen LogP contribution is -2.51. The van der Waals surface area contributed by atoms with Crippen LogP contribution in [0.25, 0.3) is 6.08 Å². The van der Waals surface area contributed by atoms with Crippen molar-refractivity contribution in [3.8, 4) is 0 Å². The summed E-state index contributed by atoms with van der Waals surface area (Å²) in [5.74, 6) is -0.664. The molecule has 0 radical (unpaired) electrons. The van der Waals surface area contributed by atoms with E-state index >= 15 is 0 Å². The Labute approximate surface area is 212 Å². The minimum Gasteiger partial charge on any atom is -0.461 e. The van der Waals surface area contributed by atoms with E-state index in [2.05, 4.69) is 5.10 Å². The van der Waals surface area contributed by atoms with Crippen molar-refractivity contribution in [2.45, 2.75) is 18.2 Å². The molecule has 0 saturated carbocycles. The molecule has 3 aromatic rings. The summed E-state index contributed by atoms with van der Waals surface area (Å²) >= 11 is 2.60. The number of hydrogen-bond donors (Lipinski definition) is 0. The van der Waals surface area contributed by atoms with Gasteiger partial charge in [0, 0.05) is 5.69 Å². The highest BCUT2D eigenvalue weighted by Crippen LogP contribution is 2.59. The quantitative estimate of drug-likeness (QED) is 0.323. The van der Waals surface area contributed by atoms with Crippen LogP contribution in [0.2, 0.25) is 0 Å². The molecular formula is C27H23N3O3S2. The fourth-order valence-electron chi connectivity index (χ4n) is 3.85. The van der Waals surface area contributed by atoms with Gasteiger partial charge in [0.25, 0.3) is 5.91 Å². The number of para-hydroxylation sites is 1. The third-order valence-electron chi connectivity index (χ3n) is 5.47. The molecule has 0 bridgehead atoms. The molecule has 2 heterocycles. The van der Waals surface area contributed by atoms with Gasteiger partial charge in [-0.15, -0.1) is 0 Å². The van der Waals surface area contributed by atoms with Crippen LogP contribution < -0.4 is 9.91 Å². The first-order valence-corrected chi connectivity index (χ1v) is 12.8. The standard InChI is InChI=1S/C27H23N3O3S2/c1-3-33-26(32)24-28-30(22-16-14-19(2)15-17-22)27(35-24)29(21-12-8-5-9-13-21)25(31)23(34-27)18-20-10-6-4-7-11-20/h4-18H,3H2,1-2H3/b23-18+. The minimum atomic E-state index is -1.07. The molecule has 1 spiro atoms. The molecule has 6 nitrogen and oxygen atoms in total. The van der Waals surface area contributed by atoms with Gasteiger partial charge in [0.2, 0.25) is 9.37 Å². The van der Waals surface area contributed by atoms with Crippen LogP contribution in [0.1, 0.15) is 18.1 Å². The Morgan fingerprint density at radius 2 is 1.60 bits per heavy atom. The number of benzene rings is 3. The average molecular weight is 502 g/mol.